The van der Waals surface area contributed by atoms with Crippen LogP contribution < -0.4 is 10.5 Å². The van der Waals surface area contributed by atoms with E-state index in [2.05, 4.69) is 17.0 Å². The number of nitrogens with zero attached hydrogens (tertiary/aromatic N) is 2. The van der Waals surface area contributed by atoms with Gasteiger partial charge in [0.15, 0.2) is 5.96 Å². The Kier molecular flexibility index (Phi) is 8.47. The summed E-state index contributed by atoms with van der Waals surface area (Å²) in [4.78, 5) is 7.10. The molecule has 2 aliphatic heterocycles. The quantitative estimate of drug-likeness (QED) is 0.413. The van der Waals surface area contributed by atoms with Gasteiger partial charge in [-0.25, -0.2) is 0 Å². The Morgan fingerprint density at radius 1 is 1.12 bits per heavy atom. The van der Waals surface area contributed by atoms with Gasteiger partial charge in [0.25, 0.3) is 0 Å². The summed E-state index contributed by atoms with van der Waals surface area (Å²) in [6, 6.07) is 8.41. The van der Waals surface area contributed by atoms with Crippen LogP contribution in [0.4, 0.5) is 0 Å². The smallest absolute Gasteiger partial charge is 0.191 e. The number of rotatable bonds is 4. The molecule has 0 spiro atoms. The minimum Gasteiger partial charge on any atom is -0.497 e. The van der Waals surface area contributed by atoms with Gasteiger partial charge in [0.2, 0.25) is 0 Å². The lowest BCUT2D eigenvalue weighted by Crippen LogP contribution is -2.41. The van der Waals surface area contributed by atoms with Gasteiger partial charge in [-0.05, 0) is 43.4 Å². The first-order valence-corrected chi connectivity index (χ1v) is 9.51. The standard InChI is InChI=1S/C20H31N3O2.HI/c1-24-18-8-6-17(7-9-18)20(10-14-25-15-11-20)16-22-19(21)23-12-4-2-3-5-13-23;/h6-9H,2-5,10-16H2,1H3,(H2,21,22);1H. The number of nitrogens with two attached hydrogens (primary N) is 1. The molecule has 2 aliphatic rings. The number of aliphatic imine (C=N–C) groups is 1. The van der Waals surface area contributed by atoms with Gasteiger partial charge < -0.3 is 20.1 Å². The topological polar surface area (TPSA) is 60.1 Å². The molecule has 26 heavy (non-hydrogen) atoms. The lowest BCUT2D eigenvalue weighted by Gasteiger charge is -2.37. The Bertz CT molecular complexity index is 563. The zero-order chi connectivity index (χ0) is 17.5. The number of hydrogen-bond acceptors (Lipinski definition) is 3. The van der Waals surface area contributed by atoms with Crippen molar-refractivity contribution in [1.82, 2.24) is 4.90 Å². The Hall–Kier alpha value is -1.02. The van der Waals surface area contributed by atoms with Crippen LogP contribution in [-0.2, 0) is 10.2 Å². The summed E-state index contributed by atoms with van der Waals surface area (Å²) >= 11 is 0. The SMILES string of the molecule is COc1ccc(C2(CN=C(N)N3CCCCCC3)CCOCC2)cc1.I. The van der Waals surface area contributed by atoms with Crippen molar-refractivity contribution in [3.05, 3.63) is 29.8 Å². The number of ether oxygens (including phenoxy) is 2. The molecule has 1 aromatic rings. The molecule has 0 atom stereocenters. The van der Waals surface area contributed by atoms with Crippen molar-refractivity contribution in [1.29, 1.82) is 0 Å². The molecular weight excluding hydrogens is 441 g/mol. The summed E-state index contributed by atoms with van der Waals surface area (Å²) in [5, 5.41) is 0. The second-order valence-corrected chi connectivity index (χ2v) is 7.20. The zero-order valence-electron chi connectivity index (χ0n) is 15.8. The van der Waals surface area contributed by atoms with E-state index in [0.29, 0.717) is 5.96 Å². The summed E-state index contributed by atoms with van der Waals surface area (Å²) in [6.07, 6.45) is 7.00. The number of benzene rings is 1. The third-order valence-corrected chi connectivity index (χ3v) is 5.63. The van der Waals surface area contributed by atoms with Gasteiger partial charge in [-0.2, -0.15) is 0 Å². The van der Waals surface area contributed by atoms with Gasteiger partial charge in [-0.15, -0.1) is 24.0 Å². The van der Waals surface area contributed by atoms with Crippen LogP contribution in [0.5, 0.6) is 5.75 Å². The van der Waals surface area contributed by atoms with Crippen molar-refractivity contribution in [2.75, 3.05) is 40.0 Å². The fraction of sp³-hybridized carbons (Fsp3) is 0.650. The molecule has 2 N–H and O–H groups in total. The maximum atomic E-state index is 6.34. The van der Waals surface area contributed by atoms with Crippen molar-refractivity contribution in [3.63, 3.8) is 0 Å². The van der Waals surface area contributed by atoms with Crippen LogP contribution in [0.1, 0.15) is 44.1 Å². The van der Waals surface area contributed by atoms with Gasteiger partial charge in [0, 0.05) is 31.7 Å². The Balaban J connectivity index is 0.00000243. The molecular formula is C20H32IN3O2. The summed E-state index contributed by atoms with van der Waals surface area (Å²) in [5.74, 6) is 1.60. The summed E-state index contributed by atoms with van der Waals surface area (Å²) in [7, 11) is 1.70. The predicted octanol–water partition coefficient (Wildman–Crippen LogP) is 3.55. The van der Waals surface area contributed by atoms with E-state index < -0.39 is 0 Å². The average molecular weight is 473 g/mol. The van der Waals surface area contributed by atoms with Gasteiger partial charge in [-0.1, -0.05) is 25.0 Å². The van der Waals surface area contributed by atoms with Gasteiger partial charge in [0.05, 0.1) is 13.7 Å². The Morgan fingerprint density at radius 2 is 1.73 bits per heavy atom. The van der Waals surface area contributed by atoms with E-state index >= 15 is 0 Å². The average Bonchev–Trinajstić information content (AvgIpc) is 2.96. The molecule has 0 radical (unpaired) electrons. The van der Waals surface area contributed by atoms with E-state index in [1.165, 1.54) is 31.2 Å². The molecule has 0 aromatic heterocycles. The van der Waals surface area contributed by atoms with E-state index in [1.807, 2.05) is 12.1 Å². The molecule has 146 valence electrons. The Labute approximate surface area is 174 Å². The van der Waals surface area contributed by atoms with Gasteiger partial charge in [-0.3, -0.25) is 4.99 Å². The van der Waals surface area contributed by atoms with Crippen LogP contribution in [0.15, 0.2) is 29.3 Å². The zero-order valence-corrected chi connectivity index (χ0v) is 18.1. The maximum Gasteiger partial charge on any atom is 0.191 e. The lowest BCUT2D eigenvalue weighted by atomic mass is 9.74. The molecule has 2 heterocycles. The number of methoxy groups -OCH3 is 1. The first-order valence-electron chi connectivity index (χ1n) is 9.51. The Morgan fingerprint density at radius 3 is 2.31 bits per heavy atom. The summed E-state index contributed by atoms with van der Waals surface area (Å²) in [5.41, 5.74) is 7.67. The molecule has 2 saturated heterocycles. The van der Waals surface area contributed by atoms with E-state index in [1.54, 1.807) is 7.11 Å². The van der Waals surface area contributed by atoms with Crippen LogP contribution in [0.3, 0.4) is 0 Å². The first kappa shape index (κ1) is 21.3. The van der Waals surface area contributed by atoms with Crippen molar-refractivity contribution >= 4 is 29.9 Å². The largest absolute Gasteiger partial charge is 0.497 e. The van der Waals surface area contributed by atoms with Crippen LogP contribution in [0.25, 0.3) is 0 Å². The minimum absolute atomic E-state index is 0. The second kappa shape index (κ2) is 10.3. The highest BCUT2D eigenvalue weighted by molar-refractivity contribution is 14.0. The number of guanidine groups is 1. The van der Waals surface area contributed by atoms with E-state index in [4.69, 9.17) is 20.2 Å². The normalized spacial score (nSPS) is 20.8. The number of likely N-dealkylation sites (tertiary alicyclic amines) is 1. The van der Waals surface area contributed by atoms with Crippen LogP contribution in [0, 0.1) is 0 Å². The number of hydrogen-bond donors (Lipinski definition) is 1. The fourth-order valence-electron chi connectivity index (χ4n) is 3.88. The third kappa shape index (κ3) is 5.25. The van der Waals surface area contributed by atoms with E-state index in [0.717, 1.165) is 51.4 Å². The summed E-state index contributed by atoms with van der Waals surface area (Å²) < 4.78 is 10.9. The van der Waals surface area contributed by atoms with Crippen molar-refractivity contribution in [2.45, 2.75) is 43.9 Å². The van der Waals surface area contributed by atoms with Gasteiger partial charge in [0.1, 0.15) is 5.75 Å². The highest BCUT2D eigenvalue weighted by Crippen LogP contribution is 2.36. The molecule has 0 saturated carbocycles. The fourth-order valence-corrected chi connectivity index (χ4v) is 3.88. The number of halogens is 1. The molecule has 1 aromatic carbocycles. The van der Waals surface area contributed by atoms with E-state index in [-0.39, 0.29) is 29.4 Å². The molecule has 0 unspecified atom stereocenters. The van der Waals surface area contributed by atoms with Gasteiger partial charge >= 0.3 is 0 Å². The van der Waals surface area contributed by atoms with E-state index in [9.17, 15) is 0 Å². The molecule has 0 amide bonds. The third-order valence-electron chi connectivity index (χ3n) is 5.63. The molecule has 0 bridgehead atoms. The molecule has 3 rings (SSSR count). The monoisotopic (exact) mass is 473 g/mol. The first-order chi connectivity index (χ1) is 12.2. The second-order valence-electron chi connectivity index (χ2n) is 7.20. The molecule has 5 nitrogen and oxygen atoms in total. The highest BCUT2D eigenvalue weighted by Gasteiger charge is 2.34. The highest BCUT2D eigenvalue weighted by atomic mass is 127. The van der Waals surface area contributed by atoms with Crippen molar-refractivity contribution in [3.8, 4) is 5.75 Å². The molecule has 0 aliphatic carbocycles. The maximum absolute atomic E-state index is 6.34. The molecule has 2 fully saturated rings. The van der Waals surface area contributed by atoms with Crippen LogP contribution in [0.2, 0.25) is 0 Å². The van der Waals surface area contributed by atoms with Crippen molar-refractivity contribution in [2.24, 2.45) is 10.7 Å². The lowest BCUT2D eigenvalue weighted by molar-refractivity contribution is 0.0530. The summed E-state index contributed by atoms with van der Waals surface area (Å²) in [6.45, 7) is 4.36. The predicted molar refractivity (Wildman–Crippen MR) is 117 cm³/mol. The van der Waals surface area contributed by atoms with Crippen LogP contribution >= 0.6 is 24.0 Å². The molecule has 6 heteroatoms. The van der Waals surface area contributed by atoms with Crippen molar-refractivity contribution < 1.29 is 9.47 Å². The van der Waals surface area contributed by atoms with Crippen LogP contribution in [-0.4, -0.2) is 50.8 Å². The minimum atomic E-state index is 0.